The van der Waals surface area contributed by atoms with Crippen LogP contribution in [0.3, 0.4) is 0 Å². The normalized spacial score (nSPS) is 10.8. The molecule has 0 aliphatic heterocycles. The molecule has 0 atom stereocenters. The molecule has 0 saturated heterocycles. The highest BCUT2D eigenvalue weighted by molar-refractivity contribution is 5.83. The number of aryl methyl sites for hydroxylation is 1. The first-order valence-corrected chi connectivity index (χ1v) is 6.31. The third kappa shape index (κ3) is 2.19. The van der Waals surface area contributed by atoms with Gasteiger partial charge >= 0.3 is 0 Å². The molecule has 0 amide bonds. The summed E-state index contributed by atoms with van der Waals surface area (Å²) in [5.41, 5.74) is 3.67. The molecule has 0 bridgehead atoms. The molecule has 0 fully saturated rings. The Morgan fingerprint density at radius 2 is 2.11 bits per heavy atom. The minimum absolute atomic E-state index is 0.843. The first kappa shape index (κ1) is 11.8. The highest BCUT2D eigenvalue weighted by Gasteiger charge is 2.07. The lowest BCUT2D eigenvalue weighted by Gasteiger charge is -2.08. The van der Waals surface area contributed by atoms with Crippen molar-refractivity contribution in [2.45, 2.75) is 13.5 Å². The molecule has 3 rings (SSSR count). The Balaban J connectivity index is 2.06. The Bertz CT molecular complexity index is 701. The van der Waals surface area contributed by atoms with Crippen LogP contribution in [0, 0.1) is 6.92 Å². The maximum atomic E-state index is 5.27. The minimum atomic E-state index is 0.843. The van der Waals surface area contributed by atoms with E-state index < -0.39 is 0 Å². The molecular weight excluding hydrogens is 236 g/mol. The fourth-order valence-electron chi connectivity index (χ4n) is 2.40. The Morgan fingerprint density at radius 1 is 1.21 bits per heavy atom. The van der Waals surface area contributed by atoms with Crippen molar-refractivity contribution in [3.8, 4) is 5.75 Å². The van der Waals surface area contributed by atoms with Crippen LogP contribution in [-0.2, 0) is 6.54 Å². The first-order valence-electron chi connectivity index (χ1n) is 6.31. The Labute approximate surface area is 112 Å². The van der Waals surface area contributed by atoms with Crippen molar-refractivity contribution in [2.24, 2.45) is 0 Å². The zero-order valence-electron chi connectivity index (χ0n) is 11.1. The van der Waals surface area contributed by atoms with Crippen LogP contribution in [0.5, 0.6) is 5.75 Å². The van der Waals surface area contributed by atoms with E-state index in [1.54, 1.807) is 13.3 Å². The third-order valence-electron chi connectivity index (χ3n) is 3.38. The standard InChI is InChI=1S/C16H16N2O/c1-12-8-14-9-15(19-2)5-6-16(14)18(12)11-13-4-3-7-17-10-13/h3-10H,11H2,1-2H3. The molecule has 3 nitrogen and oxygen atoms in total. The number of aromatic nitrogens is 2. The van der Waals surface area contributed by atoms with Crippen molar-refractivity contribution in [3.63, 3.8) is 0 Å². The average molecular weight is 252 g/mol. The van der Waals surface area contributed by atoms with Crippen molar-refractivity contribution in [1.82, 2.24) is 9.55 Å². The predicted octanol–water partition coefficient (Wildman–Crippen LogP) is 3.40. The topological polar surface area (TPSA) is 27.1 Å². The largest absolute Gasteiger partial charge is 0.497 e. The monoisotopic (exact) mass is 252 g/mol. The van der Waals surface area contributed by atoms with Gasteiger partial charge < -0.3 is 9.30 Å². The van der Waals surface area contributed by atoms with E-state index in [4.69, 9.17) is 4.74 Å². The Kier molecular flexibility index (Phi) is 2.95. The number of fused-ring (bicyclic) bond motifs is 1. The van der Waals surface area contributed by atoms with Gasteiger partial charge in [0, 0.05) is 35.5 Å². The second-order valence-electron chi connectivity index (χ2n) is 4.66. The van der Waals surface area contributed by atoms with E-state index >= 15 is 0 Å². The molecule has 3 heteroatoms. The lowest BCUT2D eigenvalue weighted by molar-refractivity contribution is 0.415. The molecule has 0 unspecified atom stereocenters. The zero-order chi connectivity index (χ0) is 13.2. The quantitative estimate of drug-likeness (QED) is 0.714. The smallest absolute Gasteiger partial charge is 0.119 e. The Morgan fingerprint density at radius 3 is 2.84 bits per heavy atom. The molecule has 0 saturated carbocycles. The number of benzene rings is 1. The summed E-state index contributed by atoms with van der Waals surface area (Å²) >= 11 is 0. The molecule has 19 heavy (non-hydrogen) atoms. The zero-order valence-corrected chi connectivity index (χ0v) is 11.1. The number of rotatable bonds is 3. The van der Waals surface area contributed by atoms with Gasteiger partial charge in [0.15, 0.2) is 0 Å². The van der Waals surface area contributed by atoms with Gasteiger partial charge in [-0.3, -0.25) is 4.98 Å². The van der Waals surface area contributed by atoms with Crippen LogP contribution in [0.25, 0.3) is 10.9 Å². The molecule has 0 spiro atoms. The Hall–Kier alpha value is -2.29. The van der Waals surface area contributed by atoms with Crippen LogP contribution in [0.1, 0.15) is 11.3 Å². The van der Waals surface area contributed by atoms with Gasteiger partial charge in [0.2, 0.25) is 0 Å². The van der Waals surface area contributed by atoms with E-state index in [1.807, 2.05) is 18.3 Å². The number of hydrogen-bond donors (Lipinski definition) is 0. The molecule has 0 aliphatic carbocycles. The van der Waals surface area contributed by atoms with E-state index in [-0.39, 0.29) is 0 Å². The first-order chi connectivity index (χ1) is 9.28. The second-order valence-corrected chi connectivity index (χ2v) is 4.66. The molecule has 0 aliphatic rings. The summed E-state index contributed by atoms with van der Waals surface area (Å²) in [5, 5.41) is 1.21. The van der Waals surface area contributed by atoms with Crippen LogP contribution < -0.4 is 4.74 Å². The van der Waals surface area contributed by atoms with Crippen molar-refractivity contribution in [3.05, 3.63) is 60.0 Å². The molecule has 2 aromatic heterocycles. The van der Waals surface area contributed by atoms with E-state index in [0.29, 0.717) is 0 Å². The molecule has 0 radical (unpaired) electrons. The summed E-state index contributed by atoms with van der Waals surface area (Å²) in [6.07, 6.45) is 3.71. The number of methoxy groups -OCH3 is 1. The van der Waals surface area contributed by atoms with Gasteiger partial charge in [-0.05, 0) is 42.8 Å². The van der Waals surface area contributed by atoms with Crippen LogP contribution in [0.4, 0.5) is 0 Å². The summed E-state index contributed by atoms with van der Waals surface area (Å²) in [5.74, 6) is 0.894. The van der Waals surface area contributed by atoms with Crippen LogP contribution >= 0.6 is 0 Å². The third-order valence-corrected chi connectivity index (χ3v) is 3.38. The van der Waals surface area contributed by atoms with Gasteiger partial charge in [0.1, 0.15) is 5.75 Å². The van der Waals surface area contributed by atoms with Gasteiger partial charge in [-0.1, -0.05) is 6.07 Å². The van der Waals surface area contributed by atoms with Gasteiger partial charge in [0.25, 0.3) is 0 Å². The number of pyridine rings is 1. The lowest BCUT2D eigenvalue weighted by Crippen LogP contribution is -2.01. The number of hydrogen-bond acceptors (Lipinski definition) is 2. The van der Waals surface area contributed by atoms with Crippen molar-refractivity contribution in [2.75, 3.05) is 7.11 Å². The maximum absolute atomic E-state index is 5.27. The second kappa shape index (κ2) is 4.76. The summed E-state index contributed by atoms with van der Waals surface area (Å²) in [7, 11) is 1.70. The number of ether oxygens (including phenoxy) is 1. The molecule has 2 heterocycles. The minimum Gasteiger partial charge on any atom is -0.497 e. The van der Waals surface area contributed by atoms with Gasteiger partial charge in [-0.25, -0.2) is 0 Å². The molecule has 3 aromatic rings. The van der Waals surface area contributed by atoms with Gasteiger partial charge in [-0.2, -0.15) is 0 Å². The lowest BCUT2D eigenvalue weighted by atomic mass is 10.2. The predicted molar refractivity (Wildman–Crippen MR) is 76.6 cm³/mol. The van der Waals surface area contributed by atoms with Crippen LogP contribution in [0.2, 0.25) is 0 Å². The van der Waals surface area contributed by atoms with E-state index in [9.17, 15) is 0 Å². The van der Waals surface area contributed by atoms with Gasteiger partial charge in [-0.15, -0.1) is 0 Å². The summed E-state index contributed by atoms with van der Waals surface area (Å²) in [6.45, 7) is 2.97. The van der Waals surface area contributed by atoms with Crippen LogP contribution in [-0.4, -0.2) is 16.7 Å². The molecule has 0 N–H and O–H groups in total. The summed E-state index contributed by atoms with van der Waals surface area (Å²) in [4.78, 5) is 4.17. The fraction of sp³-hybridized carbons (Fsp3) is 0.188. The maximum Gasteiger partial charge on any atom is 0.119 e. The average Bonchev–Trinajstić information content (AvgIpc) is 2.75. The van der Waals surface area contributed by atoms with Crippen LogP contribution in [0.15, 0.2) is 48.8 Å². The van der Waals surface area contributed by atoms with Crippen molar-refractivity contribution >= 4 is 10.9 Å². The highest BCUT2D eigenvalue weighted by Crippen LogP contribution is 2.25. The van der Waals surface area contributed by atoms with E-state index in [2.05, 4.69) is 40.7 Å². The molecule has 96 valence electrons. The number of nitrogens with zero attached hydrogens (tertiary/aromatic N) is 2. The summed E-state index contributed by atoms with van der Waals surface area (Å²) < 4.78 is 7.57. The van der Waals surface area contributed by atoms with E-state index in [1.165, 1.54) is 22.2 Å². The fourth-order valence-corrected chi connectivity index (χ4v) is 2.40. The molecule has 1 aromatic carbocycles. The van der Waals surface area contributed by atoms with Crippen molar-refractivity contribution in [1.29, 1.82) is 0 Å². The van der Waals surface area contributed by atoms with Crippen molar-refractivity contribution < 1.29 is 4.74 Å². The highest BCUT2D eigenvalue weighted by atomic mass is 16.5. The van der Waals surface area contributed by atoms with Gasteiger partial charge in [0.05, 0.1) is 7.11 Å². The van der Waals surface area contributed by atoms with E-state index in [0.717, 1.165) is 12.3 Å². The summed E-state index contributed by atoms with van der Waals surface area (Å²) in [6, 6.07) is 12.4. The molecular formula is C16H16N2O. The SMILES string of the molecule is COc1ccc2c(c1)cc(C)n2Cc1cccnc1.